The lowest BCUT2D eigenvalue weighted by molar-refractivity contribution is -0.137. The Morgan fingerprint density at radius 1 is 0.500 bits per heavy atom. The fraction of sp³-hybridized carbons (Fsp3) is 0.0233. The Balaban J connectivity index is 1.58. The number of halogens is 3. The first-order chi connectivity index (χ1) is 26.1. The van der Waals surface area contributed by atoms with E-state index in [1.807, 2.05) is 15.2 Å². The first-order valence-corrected chi connectivity index (χ1v) is 16.0. The Hall–Kier alpha value is -8.35. The van der Waals surface area contributed by atoms with Gasteiger partial charge in [-0.25, -0.2) is 9.69 Å². The van der Waals surface area contributed by atoms with Crippen LogP contribution in [0.1, 0.15) is 27.8 Å². The van der Waals surface area contributed by atoms with E-state index in [2.05, 4.69) is 27.9 Å². The minimum Gasteiger partial charge on any atom is -0.309 e. The molecule has 0 fully saturated rings. The van der Waals surface area contributed by atoms with Gasteiger partial charge in [0.25, 0.3) is 0 Å². The average molecular weight is 703 g/mol. The lowest BCUT2D eigenvalue weighted by atomic mass is 9.95. The smallest absolute Gasteiger partial charge is 0.309 e. The second-order valence-corrected chi connectivity index (χ2v) is 12.4. The molecule has 0 spiro atoms. The van der Waals surface area contributed by atoms with E-state index in [-0.39, 0.29) is 22.4 Å². The largest absolute Gasteiger partial charge is 0.416 e. The van der Waals surface area contributed by atoms with E-state index in [1.54, 1.807) is 84.9 Å². The molecule has 0 saturated heterocycles. The predicted octanol–water partition coefficient (Wildman–Crippen LogP) is 11.2. The van der Waals surface area contributed by atoms with Gasteiger partial charge < -0.3 is 9.13 Å². The van der Waals surface area contributed by atoms with Crippen molar-refractivity contribution in [3.8, 4) is 46.8 Å². The van der Waals surface area contributed by atoms with Crippen LogP contribution in [0.4, 0.5) is 24.5 Å². The van der Waals surface area contributed by atoms with E-state index in [1.165, 1.54) is 6.07 Å². The summed E-state index contributed by atoms with van der Waals surface area (Å²) < 4.78 is 45.1. The van der Waals surface area contributed by atoms with Crippen molar-refractivity contribution < 1.29 is 13.2 Å². The van der Waals surface area contributed by atoms with Gasteiger partial charge in [-0.1, -0.05) is 12.1 Å². The number of nitrogens with zero attached hydrogens (tertiary/aromatic N) is 8. The van der Waals surface area contributed by atoms with Crippen LogP contribution in [0.5, 0.6) is 0 Å². The van der Waals surface area contributed by atoms with Gasteiger partial charge in [0, 0.05) is 16.2 Å². The maximum atomic E-state index is 13.8. The van der Waals surface area contributed by atoms with Crippen molar-refractivity contribution >= 4 is 55.0 Å². The highest BCUT2D eigenvalue weighted by Crippen LogP contribution is 2.45. The molecule has 11 heteroatoms. The Morgan fingerprint density at radius 2 is 0.981 bits per heavy atom. The summed E-state index contributed by atoms with van der Waals surface area (Å²) in [5.74, 6) is 0. The predicted molar refractivity (Wildman–Crippen MR) is 197 cm³/mol. The highest BCUT2D eigenvalue weighted by molar-refractivity contribution is 6.13. The minimum atomic E-state index is -4.70. The van der Waals surface area contributed by atoms with Crippen LogP contribution in [0.2, 0.25) is 0 Å². The summed E-state index contributed by atoms with van der Waals surface area (Å²) in [5, 5.41) is 42.1. The number of hydrogen-bond acceptors (Lipinski definition) is 4. The highest BCUT2D eigenvalue weighted by Gasteiger charge is 2.32. The minimum absolute atomic E-state index is 0.0470. The fourth-order valence-electron chi connectivity index (χ4n) is 7.11. The molecule has 0 atom stereocenters. The van der Waals surface area contributed by atoms with Gasteiger partial charge in [0.05, 0.1) is 98.7 Å². The van der Waals surface area contributed by atoms with Crippen molar-refractivity contribution in [2.75, 3.05) is 0 Å². The van der Waals surface area contributed by atoms with Crippen LogP contribution in [-0.4, -0.2) is 9.13 Å². The molecule has 8 nitrogen and oxygen atoms in total. The number of fused-ring (bicyclic) bond motifs is 6. The second-order valence-electron chi connectivity index (χ2n) is 12.4. The normalized spacial score (nSPS) is 11.1. The molecule has 2 aromatic heterocycles. The van der Waals surface area contributed by atoms with E-state index in [0.29, 0.717) is 77.4 Å². The summed E-state index contributed by atoms with van der Waals surface area (Å²) in [4.78, 5) is 7.42. The van der Waals surface area contributed by atoms with Gasteiger partial charge >= 0.3 is 6.18 Å². The van der Waals surface area contributed by atoms with Gasteiger partial charge in [0.15, 0.2) is 11.4 Å². The second kappa shape index (κ2) is 12.2. The zero-order valence-corrected chi connectivity index (χ0v) is 27.5. The Morgan fingerprint density at radius 3 is 1.43 bits per heavy atom. The summed E-state index contributed by atoms with van der Waals surface area (Å²) >= 11 is 0. The Labute approximate surface area is 304 Å². The lowest BCUT2D eigenvalue weighted by Gasteiger charge is -2.20. The number of nitriles is 4. The highest BCUT2D eigenvalue weighted by atomic mass is 19.4. The number of hydrogen-bond donors (Lipinski definition) is 0. The molecule has 0 N–H and O–H groups in total. The Kier molecular flexibility index (Phi) is 7.39. The number of aromatic nitrogens is 2. The van der Waals surface area contributed by atoms with Crippen LogP contribution in [0, 0.1) is 58.5 Å². The third-order valence-corrected chi connectivity index (χ3v) is 9.48. The topological polar surface area (TPSA) is 114 Å². The van der Waals surface area contributed by atoms with Gasteiger partial charge in [0.1, 0.15) is 0 Å². The van der Waals surface area contributed by atoms with Crippen LogP contribution < -0.4 is 0 Å². The molecule has 250 valence electrons. The first kappa shape index (κ1) is 32.8. The van der Waals surface area contributed by atoms with Crippen LogP contribution in [0.3, 0.4) is 0 Å². The van der Waals surface area contributed by atoms with Crippen molar-refractivity contribution in [2.24, 2.45) is 0 Å². The zero-order chi connectivity index (χ0) is 37.9. The molecule has 0 saturated carbocycles. The lowest BCUT2D eigenvalue weighted by Crippen LogP contribution is -2.06. The molecule has 2 heterocycles. The summed E-state index contributed by atoms with van der Waals surface area (Å²) in [7, 11) is 0. The maximum Gasteiger partial charge on any atom is 0.416 e. The number of benzene rings is 6. The molecule has 0 aliphatic rings. The molecule has 0 radical (unpaired) electrons. The maximum absolute atomic E-state index is 13.8. The van der Waals surface area contributed by atoms with E-state index in [9.17, 15) is 34.2 Å². The number of rotatable bonds is 3. The summed E-state index contributed by atoms with van der Waals surface area (Å²) in [6.07, 6.45) is -4.70. The Bertz CT molecular complexity index is 3090. The molecular weight excluding hydrogens is 686 g/mol. The van der Waals surface area contributed by atoms with Crippen molar-refractivity contribution in [2.45, 2.75) is 6.18 Å². The standard InChI is InChI=1S/C43H17F3N8/c1-51-29-7-12-40-35(17-29)34-15-26(22-49)5-11-39(34)54(40)42-19-36(52-2)31(30-8-6-28(43(44,45)46)16-27(30)23-50)18-41(42)53-37-9-3-24(20-47)13-32(37)33-14-25(21-48)4-10-38(33)53/h3-19H. The van der Waals surface area contributed by atoms with E-state index in [0.717, 1.165) is 12.1 Å². The molecule has 8 rings (SSSR count). The van der Waals surface area contributed by atoms with Crippen molar-refractivity contribution in [3.05, 3.63) is 154 Å². The molecule has 0 aliphatic carbocycles. The first-order valence-electron chi connectivity index (χ1n) is 16.0. The molecule has 0 amide bonds. The average Bonchev–Trinajstić information content (AvgIpc) is 3.70. The fourth-order valence-corrected chi connectivity index (χ4v) is 7.11. The van der Waals surface area contributed by atoms with E-state index < -0.39 is 11.7 Å². The molecule has 8 aromatic rings. The van der Waals surface area contributed by atoms with E-state index in [4.69, 9.17) is 13.1 Å². The molecule has 54 heavy (non-hydrogen) atoms. The molecule has 0 bridgehead atoms. The summed E-state index contributed by atoms with van der Waals surface area (Å²) in [5.41, 5.74) is 4.04. The third kappa shape index (κ3) is 4.95. The quantitative estimate of drug-likeness (QED) is 0.170. The van der Waals surface area contributed by atoms with Gasteiger partial charge in [-0.3, -0.25) is 0 Å². The summed E-state index contributed by atoms with van der Waals surface area (Å²) in [6.45, 7) is 15.9. The molecular formula is C43H17F3N8. The van der Waals surface area contributed by atoms with Gasteiger partial charge in [0.2, 0.25) is 0 Å². The van der Waals surface area contributed by atoms with E-state index >= 15 is 0 Å². The van der Waals surface area contributed by atoms with Gasteiger partial charge in [-0.15, -0.1) is 0 Å². The number of alkyl halides is 3. The van der Waals surface area contributed by atoms with Gasteiger partial charge in [-0.05, 0) is 108 Å². The van der Waals surface area contributed by atoms with Gasteiger partial charge in [-0.2, -0.15) is 34.2 Å². The molecule has 6 aromatic carbocycles. The summed E-state index contributed by atoms with van der Waals surface area (Å²) in [6, 6.07) is 35.0. The van der Waals surface area contributed by atoms with Crippen LogP contribution in [0.15, 0.2) is 103 Å². The van der Waals surface area contributed by atoms with Crippen molar-refractivity contribution in [1.82, 2.24) is 9.13 Å². The van der Waals surface area contributed by atoms with Crippen LogP contribution >= 0.6 is 0 Å². The molecule has 0 unspecified atom stereocenters. The molecule has 0 aliphatic heterocycles. The van der Waals surface area contributed by atoms with Crippen LogP contribution in [0.25, 0.3) is 75.8 Å². The zero-order valence-electron chi connectivity index (χ0n) is 27.5. The van der Waals surface area contributed by atoms with Crippen LogP contribution in [-0.2, 0) is 6.18 Å². The SMILES string of the molecule is [C-]#[N+]c1ccc2c(c1)c1cc(C#N)ccc1n2-c1cc([N+]#[C-])c(-c2ccc(C(F)(F)F)cc2C#N)cc1-n1c2ccc(C#N)cc2c2cc(C#N)ccc21. The van der Waals surface area contributed by atoms with Crippen molar-refractivity contribution in [1.29, 1.82) is 21.0 Å². The van der Waals surface area contributed by atoms with Crippen molar-refractivity contribution in [3.63, 3.8) is 0 Å². The monoisotopic (exact) mass is 702 g/mol. The third-order valence-electron chi connectivity index (χ3n) is 9.48.